The number of nitrogens with one attached hydrogen (secondary N) is 4. The van der Waals surface area contributed by atoms with Gasteiger partial charge in [0.15, 0.2) is 5.82 Å². The summed E-state index contributed by atoms with van der Waals surface area (Å²) >= 11 is 12.0. The van der Waals surface area contributed by atoms with E-state index in [1.54, 1.807) is 30.6 Å². The summed E-state index contributed by atoms with van der Waals surface area (Å²) in [5.41, 5.74) is 2.54. The molecule has 0 atom stereocenters. The first-order valence-corrected chi connectivity index (χ1v) is 10.9. The maximum Gasteiger partial charge on any atom is 0.239 e. The van der Waals surface area contributed by atoms with Crippen molar-refractivity contribution in [2.75, 3.05) is 17.2 Å². The lowest BCUT2D eigenvalue weighted by molar-refractivity contribution is -0.119. The van der Waals surface area contributed by atoms with Crippen molar-refractivity contribution in [2.24, 2.45) is 0 Å². The van der Waals surface area contributed by atoms with Crippen molar-refractivity contribution >= 4 is 40.9 Å². The Morgan fingerprint density at radius 1 is 0.909 bits per heavy atom. The van der Waals surface area contributed by atoms with Gasteiger partial charge in [-0.05, 0) is 35.4 Å². The second kappa shape index (κ2) is 10.8. The largest absolute Gasteiger partial charge is 0.361 e. The van der Waals surface area contributed by atoms with Crippen molar-refractivity contribution in [1.29, 1.82) is 0 Å². The van der Waals surface area contributed by atoms with Crippen molar-refractivity contribution < 1.29 is 4.79 Å². The van der Waals surface area contributed by atoms with Gasteiger partial charge in [-0.3, -0.25) is 4.79 Å². The van der Waals surface area contributed by atoms with Gasteiger partial charge in [0.2, 0.25) is 11.9 Å². The van der Waals surface area contributed by atoms with Crippen molar-refractivity contribution in [2.45, 2.75) is 13.1 Å². The van der Waals surface area contributed by atoms with Crippen molar-refractivity contribution in [1.82, 2.24) is 25.3 Å². The van der Waals surface area contributed by atoms with E-state index in [2.05, 4.69) is 35.9 Å². The molecule has 2 aromatic heterocycles. The molecule has 1 amide bonds. The van der Waals surface area contributed by atoms with Crippen LogP contribution in [0.1, 0.15) is 11.1 Å². The molecule has 168 valence electrons. The van der Waals surface area contributed by atoms with E-state index in [0.717, 1.165) is 11.1 Å². The minimum Gasteiger partial charge on any atom is -0.361 e. The molecule has 0 saturated carbocycles. The molecule has 4 rings (SSSR count). The highest BCUT2D eigenvalue weighted by atomic mass is 35.5. The smallest absolute Gasteiger partial charge is 0.239 e. The zero-order valence-electron chi connectivity index (χ0n) is 17.5. The minimum atomic E-state index is -0.170. The van der Waals surface area contributed by atoms with E-state index < -0.39 is 0 Å². The summed E-state index contributed by atoms with van der Waals surface area (Å²) in [7, 11) is 0. The fourth-order valence-electron chi connectivity index (χ4n) is 3.01. The summed E-state index contributed by atoms with van der Waals surface area (Å²) < 4.78 is 0. The van der Waals surface area contributed by atoms with Crippen LogP contribution >= 0.6 is 23.2 Å². The van der Waals surface area contributed by atoms with Gasteiger partial charge in [-0.25, -0.2) is 9.97 Å². The maximum absolute atomic E-state index is 12.3. The number of aromatic nitrogens is 4. The lowest BCUT2D eigenvalue weighted by Crippen LogP contribution is -2.29. The molecule has 33 heavy (non-hydrogen) atoms. The van der Waals surface area contributed by atoms with Crippen LogP contribution in [0, 0.1) is 0 Å². The number of rotatable bonds is 9. The Balaban J connectivity index is 1.41. The molecule has 2 heterocycles. The first kappa shape index (κ1) is 22.6. The van der Waals surface area contributed by atoms with Gasteiger partial charge >= 0.3 is 0 Å². The third kappa shape index (κ3) is 6.68. The summed E-state index contributed by atoms with van der Waals surface area (Å²) in [6.45, 7) is 0.949. The Morgan fingerprint density at radius 3 is 2.52 bits per heavy atom. The van der Waals surface area contributed by atoms with Gasteiger partial charge in [-0.15, -0.1) is 0 Å². The van der Waals surface area contributed by atoms with Crippen LogP contribution in [0.5, 0.6) is 0 Å². The number of benzene rings is 2. The number of amides is 1. The molecule has 0 bridgehead atoms. The fourth-order valence-corrected chi connectivity index (χ4v) is 3.35. The summed E-state index contributed by atoms with van der Waals surface area (Å²) in [6, 6.07) is 16.6. The van der Waals surface area contributed by atoms with Gasteiger partial charge in [-0.2, -0.15) is 4.98 Å². The normalized spacial score (nSPS) is 10.6. The number of H-pyrrole nitrogens is 1. The van der Waals surface area contributed by atoms with Crippen LogP contribution < -0.4 is 16.0 Å². The number of carbonyl (C=O) groups is 1. The number of halogens is 2. The quantitative estimate of drug-likeness (QED) is 0.280. The maximum atomic E-state index is 12.3. The summed E-state index contributed by atoms with van der Waals surface area (Å²) in [5.74, 6) is 1.31. The van der Waals surface area contributed by atoms with E-state index in [-0.39, 0.29) is 12.5 Å². The Labute approximate surface area is 200 Å². The minimum absolute atomic E-state index is 0.0515. The molecule has 0 unspecified atom stereocenters. The predicted octanol–water partition coefficient (Wildman–Crippen LogP) is 4.51. The van der Waals surface area contributed by atoms with E-state index in [4.69, 9.17) is 23.2 Å². The van der Waals surface area contributed by atoms with E-state index in [1.807, 2.05) is 36.4 Å². The van der Waals surface area contributed by atoms with E-state index in [0.29, 0.717) is 46.4 Å². The van der Waals surface area contributed by atoms with E-state index in [1.165, 1.54) is 0 Å². The molecule has 0 aliphatic heterocycles. The fraction of sp³-hybridized carbons (Fsp3) is 0.130. The zero-order chi connectivity index (χ0) is 23.0. The average molecular weight is 482 g/mol. The Morgan fingerprint density at radius 2 is 1.76 bits per heavy atom. The molecular weight excluding hydrogens is 461 g/mol. The highest BCUT2D eigenvalue weighted by Gasteiger charge is 2.10. The van der Waals surface area contributed by atoms with Crippen LogP contribution in [0.4, 0.5) is 11.8 Å². The molecule has 4 aromatic rings. The topological polar surface area (TPSA) is 108 Å². The lowest BCUT2D eigenvalue weighted by Gasteiger charge is -2.11. The number of anilines is 2. The van der Waals surface area contributed by atoms with Crippen molar-refractivity contribution in [3.05, 3.63) is 88.2 Å². The molecule has 8 nitrogen and oxygen atoms in total. The van der Waals surface area contributed by atoms with Gasteiger partial charge in [0.25, 0.3) is 0 Å². The molecule has 0 radical (unpaired) electrons. The number of aromatic amines is 1. The molecule has 4 N–H and O–H groups in total. The van der Waals surface area contributed by atoms with Crippen LogP contribution in [0.25, 0.3) is 11.5 Å². The van der Waals surface area contributed by atoms with Gasteiger partial charge in [0.1, 0.15) is 11.5 Å². The number of carbonyl (C=O) groups excluding carboxylic acids is 1. The molecule has 10 heteroatoms. The summed E-state index contributed by atoms with van der Waals surface area (Å²) in [4.78, 5) is 28.6. The third-order valence-electron chi connectivity index (χ3n) is 4.64. The second-order valence-electron chi connectivity index (χ2n) is 7.14. The zero-order valence-corrected chi connectivity index (χ0v) is 19.0. The number of nitrogens with zero attached hydrogens (tertiary/aromatic N) is 3. The Bertz CT molecular complexity index is 1210. The number of hydrogen-bond acceptors (Lipinski definition) is 6. The Kier molecular flexibility index (Phi) is 7.39. The monoisotopic (exact) mass is 481 g/mol. The van der Waals surface area contributed by atoms with Crippen LogP contribution in [0.2, 0.25) is 10.0 Å². The standard InChI is InChI=1S/C23H21Cl2N7O/c24-17-6-4-15(5-7-17)12-29-21(33)14-28-20-11-19(22-26-8-9-27-22)31-23(32-20)30-13-16-2-1-3-18(25)10-16/h1-11H,12-14H2,(H,26,27)(H,29,33)(H2,28,30,31,32). The van der Waals surface area contributed by atoms with E-state index in [9.17, 15) is 4.79 Å². The van der Waals surface area contributed by atoms with Gasteiger partial charge < -0.3 is 20.9 Å². The predicted molar refractivity (Wildman–Crippen MR) is 130 cm³/mol. The number of imidazole rings is 1. The highest BCUT2D eigenvalue weighted by molar-refractivity contribution is 6.30. The number of hydrogen-bond donors (Lipinski definition) is 4. The molecule has 0 aliphatic carbocycles. The highest BCUT2D eigenvalue weighted by Crippen LogP contribution is 2.19. The summed E-state index contributed by atoms with van der Waals surface area (Å²) in [6.07, 6.45) is 3.36. The van der Waals surface area contributed by atoms with Crippen molar-refractivity contribution in [3.63, 3.8) is 0 Å². The average Bonchev–Trinajstić information content (AvgIpc) is 3.36. The first-order chi connectivity index (χ1) is 16.0. The molecule has 0 spiro atoms. The molecular formula is C23H21Cl2N7O. The first-order valence-electron chi connectivity index (χ1n) is 10.2. The third-order valence-corrected chi connectivity index (χ3v) is 5.13. The molecule has 2 aromatic carbocycles. The molecule has 0 aliphatic rings. The Hall–Kier alpha value is -3.62. The SMILES string of the molecule is O=C(CNc1cc(-c2ncc[nH]2)nc(NCc2cccc(Cl)c2)n1)NCc1ccc(Cl)cc1. The van der Waals surface area contributed by atoms with Crippen LogP contribution in [0.15, 0.2) is 67.0 Å². The van der Waals surface area contributed by atoms with Gasteiger partial charge in [0, 0.05) is 41.6 Å². The lowest BCUT2D eigenvalue weighted by atomic mass is 10.2. The summed E-state index contributed by atoms with van der Waals surface area (Å²) in [5, 5.41) is 10.4. The second-order valence-corrected chi connectivity index (χ2v) is 8.01. The molecule has 0 saturated heterocycles. The van der Waals surface area contributed by atoms with Crippen LogP contribution in [0.3, 0.4) is 0 Å². The van der Waals surface area contributed by atoms with Crippen LogP contribution in [-0.4, -0.2) is 32.4 Å². The van der Waals surface area contributed by atoms with Gasteiger partial charge in [0.05, 0.1) is 6.54 Å². The van der Waals surface area contributed by atoms with E-state index >= 15 is 0 Å². The van der Waals surface area contributed by atoms with Gasteiger partial charge in [-0.1, -0.05) is 47.5 Å². The van der Waals surface area contributed by atoms with Crippen molar-refractivity contribution in [3.8, 4) is 11.5 Å². The molecule has 0 fully saturated rings. The van der Waals surface area contributed by atoms with Crippen LogP contribution in [-0.2, 0) is 17.9 Å².